The van der Waals surface area contributed by atoms with Crippen molar-refractivity contribution in [2.24, 2.45) is 5.10 Å². The number of hydrogen-bond donors (Lipinski definition) is 2. The lowest BCUT2D eigenvalue weighted by atomic mass is 10.0. The van der Waals surface area contributed by atoms with E-state index in [2.05, 4.69) is 10.5 Å². The summed E-state index contributed by atoms with van der Waals surface area (Å²) in [6, 6.07) is 18.4. The third-order valence-electron chi connectivity index (χ3n) is 3.51. The number of carbonyl (C=O) groups excluding carboxylic acids is 1. The lowest BCUT2D eigenvalue weighted by Gasteiger charge is -2.05. The van der Waals surface area contributed by atoms with Gasteiger partial charge in [0.1, 0.15) is 5.75 Å². The van der Waals surface area contributed by atoms with Crippen molar-refractivity contribution < 1.29 is 9.90 Å². The fourth-order valence-electron chi connectivity index (χ4n) is 2.30. The smallest absolute Gasteiger partial charge is 0.250 e. The normalized spacial score (nSPS) is 11.1. The van der Waals surface area contributed by atoms with Crippen molar-refractivity contribution in [3.05, 3.63) is 71.2 Å². The number of benzene rings is 3. The van der Waals surface area contributed by atoms with E-state index in [-0.39, 0.29) is 17.4 Å². The number of phenols is 1. The summed E-state index contributed by atoms with van der Waals surface area (Å²) in [6.45, 7) is 0. The molecule has 126 valence electrons. The molecular weight excluding hydrogens is 356 g/mol. The van der Waals surface area contributed by atoms with Crippen LogP contribution in [0.4, 0.5) is 0 Å². The van der Waals surface area contributed by atoms with Crippen LogP contribution in [0.5, 0.6) is 5.75 Å². The van der Waals surface area contributed by atoms with E-state index in [0.717, 1.165) is 15.7 Å². The number of carbonyl (C=O) groups is 1. The topological polar surface area (TPSA) is 61.7 Å². The highest BCUT2D eigenvalue weighted by Crippen LogP contribution is 2.25. The van der Waals surface area contributed by atoms with E-state index < -0.39 is 0 Å². The van der Waals surface area contributed by atoms with E-state index >= 15 is 0 Å². The van der Waals surface area contributed by atoms with Crippen LogP contribution in [-0.2, 0) is 4.79 Å². The number of halogens is 1. The molecule has 0 radical (unpaired) electrons. The van der Waals surface area contributed by atoms with Crippen LogP contribution in [0, 0.1) is 0 Å². The van der Waals surface area contributed by atoms with Crippen molar-refractivity contribution in [3.63, 3.8) is 0 Å². The third kappa shape index (κ3) is 4.53. The maximum absolute atomic E-state index is 11.9. The highest BCUT2D eigenvalue weighted by molar-refractivity contribution is 8.00. The van der Waals surface area contributed by atoms with E-state index in [1.54, 1.807) is 18.2 Å². The van der Waals surface area contributed by atoms with Gasteiger partial charge in [0, 0.05) is 15.5 Å². The Morgan fingerprint density at radius 1 is 1.12 bits per heavy atom. The summed E-state index contributed by atoms with van der Waals surface area (Å²) < 4.78 is 0. The zero-order valence-corrected chi connectivity index (χ0v) is 14.7. The quantitative estimate of drug-likeness (QED) is 0.396. The predicted octanol–water partition coefficient (Wildman–Crippen LogP) is 4.44. The Balaban J connectivity index is 1.62. The van der Waals surface area contributed by atoms with E-state index in [9.17, 15) is 9.90 Å². The van der Waals surface area contributed by atoms with Gasteiger partial charge < -0.3 is 5.11 Å². The first-order valence-electron chi connectivity index (χ1n) is 7.54. The number of amides is 1. The molecule has 0 heterocycles. The van der Waals surface area contributed by atoms with Crippen molar-refractivity contribution in [3.8, 4) is 5.75 Å². The minimum atomic E-state index is -0.226. The molecule has 1 amide bonds. The van der Waals surface area contributed by atoms with Gasteiger partial charge in [-0.15, -0.1) is 11.8 Å². The lowest BCUT2D eigenvalue weighted by Crippen LogP contribution is -2.19. The molecule has 0 aliphatic rings. The van der Waals surface area contributed by atoms with Gasteiger partial charge >= 0.3 is 0 Å². The predicted molar refractivity (Wildman–Crippen MR) is 104 cm³/mol. The molecule has 0 aliphatic carbocycles. The van der Waals surface area contributed by atoms with Crippen LogP contribution in [0.15, 0.2) is 70.7 Å². The second-order valence-corrected chi connectivity index (χ2v) is 6.74. The van der Waals surface area contributed by atoms with Crippen molar-refractivity contribution in [2.75, 3.05) is 5.75 Å². The zero-order chi connectivity index (χ0) is 17.6. The van der Waals surface area contributed by atoms with Gasteiger partial charge in [-0.05, 0) is 41.1 Å². The minimum Gasteiger partial charge on any atom is -0.507 e. The number of aromatic hydroxyl groups is 1. The summed E-state index contributed by atoms with van der Waals surface area (Å²) in [4.78, 5) is 12.8. The second-order valence-electron chi connectivity index (χ2n) is 5.26. The first-order chi connectivity index (χ1) is 12.1. The third-order valence-corrected chi connectivity index (χ3v) is 4.78. The molecule has 0 saturated heterocycles. The average Bonchev–Trinajstić information content (AvgIpc) is 2.63. The Hall–Kier alpha value is -2.50. The summed E-state index contributed by atoms with van der Waals surface area (Å²) >= 11 is 7.22. The Kier molecular flexibility index (Phi) is 5.58. The number of hydrogen-bond acceptors (Lipinski definition) is 4. The molecule has 3 aromatic carbocycles. The highest BCUT2D eigenvalue weighted by Gasteiger charge is 2.05. The summed E-state index contributed by atoms with van der Waals surface area (Å²) in [5.74, 6) is 0.128. The van der Waals surface area contributed by atoms with Crippen LogP contribution in [-0.4, -0.2) is 23.0 Å². The van der Waals surface area contributed by atoms with Gasteiger partial charge in [-0.1, -0.05) is 41.9 Å². The number of nitrogens with zero attached hydrogens (tertiary/aromatic N) is 1. The fourth-order valence-corrected chi connectivity index (χ4v) is 3.12. The molecule has 2 N–H and O–H groups in total. The number of phenolic OH excluding ortho intramolecular Hbond substituents is 1. The molecular formula is C19H15ClN2O2S. The molecule has 6 heteroatoms. The highest BCUT2D eigenvalue weighted by atomic mass is 35.5. The van der Waals surface area contributed by atoms with Crippen LogP contribution in [0.25, 0.3) is 10.8 Å². The SMILES string of the molecule is O=C(CSc1ccc(Cl)cc1)N/N=C/c1c(O)ccc2ccccc12. The van der Waals surface area contributed by atoms with Crippen molar-refractivity contribution in [1.29, 1.82) is 0 Å². The van der Waals surface area contributed by atoms with Crippen molar-refractivity contribution in [2.45, 2.75) is 4.90 Å². The molecule has 0 aliphatic heterocycles. The van der Waals surface area contributed by atoms with Gasteiger partial charge in [0.25, 0.3) is 0 Å². The maximum atomic E-state index is 11.9. The Labute approximate surface area is 154 Å². The molecule has 0 spiro atoms. The molecule has 4 nitrogen and oxygen atoms in total. The number of hydrazone groups is 1. The van der Waals surface area contributed by atoms with Gasteiger partial charge in [0.15, 0.2) is 0 Å². The molecule has 0 fully saturated rings. The van der Waals surface area contributed by atoms with Gasteiger partial charge in [-0.25, -0.2) is 5.43 Å². The fraction of sp³-hybridized carbons (Fsp3) is 0.0526. The van der Waals surface area contributed by atoms with E-state index in [0.29, 0.717) is 10.6 Å². The first-order valence-corrected chi connectivity index (χ1v) is 8.91. The Morgan fingerprint density at radius 3 is 2.68 bits per heavy atom. The van der Waals surface area contributed by atoms with Crippen LogP contribution >= 0.6 is 23.4 Å². The zero-order valence-electron chi connectivity index (χ0n) is 13.1. The van der Waals surface area contributed by atoms with Gasteiger partial charge in [0.05, 0.1) is 12.0 Å². The van der Waals surface area contributed by atoms with E-state index in [4.69, 9.17) is 11.6 Å². The van der Waals surface area contributed by atoms with Crippen molar-refractivity contribution in [1.82, 2.24) is 5.43 Å². The first kappa shape index (κ1) is 17.3. The van der Waals surface area contributed by atoms with E-state index in [1.807, 2.05) is 42.5 Å². The molecule has 0 atom stereocenters. The second kappa shape index (κ2) is 8.05. The summed E-state index contributed by atoms with van der Waals surface area (Å²) in [6.07, 6.45) is 1.46. The Bertz CT molecular complexity index is 926. The maximum Gasteiger partial charge on any atom is 0.250 e. The lowest BCUT2D eigenvalue weighted by molar-refractivity contribution is -0.118. The van der Waals surface area contributed by atoms with E-state index in [1.165, 1.54) is 18.0 Å². The summed E-state index contributed by atoms with van der Waals surface area (Å²) in [5.41, 5.74) is 3.05. The number of thioether (sulfide) groups is 1. The molecule has 0 bridgehead atoms. The molecule has 25 heavy (non-hydrogen) atoms. The summed E-state index contributed by atoms with van der Waals surface area (Å²) in [7, 11) is 0. The van der Waals surface area contributed by atoms with Gasteiger partial charge in [-0.3, -0.25) is 4.79 Å². The van der Waals surface area contributed by atoms with Gasteiger partial charge in [-0.2, -0.15) is 5.10 Å². The molecule has 0 unspecified atom stereocenters. The van der Waals surface area contributed by atoms with Gasteiger partial charge in [0.2, 0.25) is 5.91 Å². The average molecular weight is 371 g/mol. The largest absolute Gasteiger partial charge is 0.507 e. The standard InChI is InChI=1S/C19H15ClN2O2S/c20-14-6-8-15(9-7-14)25-12-19(24)22-21-11-17-16-4-2-1-3-13(16)5-10-18(17)23/h1-11,23H,12H2,(H,22,24)/b21-11+. The van der Waals surface area contributed by atoms with Crippen LogP contribution in [0.2, 0.25) is 5.02 Å². The Morgan fingerprint density at radius 2 is 1.88 bits per heavy atom. The minimum absolute atomic E-state index is 0.118. The monoisotopic (exact) mass is 370 g/mol. The molecule has 3 rings (SSSR count). The number of fused-ring (bicyclic) bond motifs is 1. The molecule has 3 aromatic rings. The van der Waals surface area contributed by atoms with Crippen LogP contribution in [0.3, 0.4) is 0 Å². The number of rotatable bonds is 5. The summed E-state index contributed by atoms with van der Waals surface area (Å²) in [5, 5.41) is 16.5. The van der Waals surface area contributed by atoms with Crippen LogP contribution < -0.4 is 5.43 Å². The number of nitrogens with one attached hydrogen (secondary N) is 1. The van der Waals surface area contributed by atoms with Crippen LogP contribution in [0.1, 0.15) is 5.56 Å². The molecule has 0 aromatic heterocycles. The van der Waals surface area contributed by atoms with Crippen molar-refractivity contribution >= 4 is 46.3 Å². The molecule has 0 saturated carbocycles.